The van der Waals surface area contributed by atoms with E-state index in [0.29, 0.717) is 17.8 Å². The average Bonchev–Trinajstić information content (AvgIpc) is 2.88. The molecule has 0 radical (unpaired) electrons. The van der Waals surface area contributed by atoms with Gasteiger partial charge in [-0.2, -0.15) is 0 Å². The van der Waals surface area contributed by atoms with Gasteiger partial charge in [-0.05, 0) is 54.8 Å². The molecular formula is C29H28N2O3S. The average molecular weight is 485 g/mol. The molecule has 4 aromatic rings. The SMILES string of the molecule is Cc1ccc(S(=O)(=O)Nc2cccc(C(=O)NCCC(c3ccccc3)c3ccccc3)c2)cc1. The summed E-state index contributed by atoms with van der Waals surface area (Å²) in [6, 6.07) is 33.6. The Bertz CT molecular complexity index is 1330. The van der Waals surface area contributed by atoms with Crippen molar-refractivity contribution in [3.8, 4) is 0 Å². The minimum absolute atomic E-state index is 0.158. The van der Waals surface area contributed by atoms with Crippen molar-refractivity contribution in [1.82, 2.24) is 5.32 Å². The Hall–Kier alpha value is -3.90. The van der Waals surface area contributed by atoms with Crippen molar-refractivity contribution in [2.24, 2.45) is 0 Å². The van der Waals surface area contributed by atoms with Crippen LogP contribution in [0.15, 0.2) is 114 Å². The zero-order chi connectivity index (χ0) is 24.7. The fourth-order valence-electron chi connectivity index (χ4n) is 3.98. The summed E-state index contributed by atoms with van der Waals surface area (Å²) in [5.74, 6) is -0.0911. The van der Waals surface area contributed by atoms with Crippen LogP contribution in [-0.2, 0) is 10.0 Å². The van der Waals surface area contributed by atoms with E-state index in [2.05, 4.69) is 34.3 Å². The number of aryl methyl sites for hydroxylation is 1. The second kappa shape index (κ2) is 11.0. The molecule has 178 valence electrons. The first-order valence-corrected chi connectivity index (χ1v) is 13.0. The van der Waals surface area contributed by atoms with Gasteiger partial charge in [-0.25, -0.2) is 8.42 Å². The number of carbonyl (C=O) groups excluding carboxylic acids is 1. The van der Waals surface area contributed by atoms with Crippen molar-refractivity contribution in [3.05, 3.63) is 131 Å². The molecule has 0 saturated heterocycles. The molecule has 0 spiro atoms. The molecule has 0 fully saturated rings. The van der Waals surface area contributed by atoms with Gasteiger partial charge >= 0.3 is 0 Å². The van der Waals surface area contributed by atoms with Crippen LogP contribution < -0.4 is 10.0 Å². The van der Waals surface area contributed by atoms with Crippen molar-refractivity contribution in [2.75, 3.05) is 11.3 Å². The van der Waals surface area contributed by atoms with E-state index in [4.69, 9.17) is 0 Å². The number of sulfonamides is 1. The number of nitrogens with one attached hydrogen (secondary N) is 2. The standard InChI is InChI=1S/C29H28N2O3S/c1-22-15-17-27(18-16-22)35(33,34)31-26-14-8-13-25(21-26)29(32)30-20-19-28(23-9-4-2-5-10-23)24-11-6-3-7-12-24/h2-18,21,28,31H,19-20H2,1H3,(H,30,32). The zero-order valence-corrected chi connectivity index (χ0v) is 20.3. The summed E-state index contributed by atoms with van der Waals surface area (Å²) in [6.07, 6.45) is 0.736. The summed E-state index contributed by atoms with van der Waals surface area (Å²) >= 11 is 0. The lowest BCUT2D eigenvalue weighted by molar-refractivity contribution is 0.0953. The van der Waals surface area contributed by atoms with Gasteiger partial charge in [0.25, 0.3) is 15.9 Å². The number of hydrogen-bond donors (Lipinski definition) is 2. The van der Waals surface area contributed by atoms with Crippen LogP contribution in [0.25, 0.3) is 0 Å². The second-order valence-corrected chi connectivity index (χ2v) is 10.1. The van der Waals surface area contributed by atoms with Gasteiger partial charge in [0.1, 0.15) is 0 Å². The monoisotopic (exact) mass is 484 g/mol. The molecule has 4 aromatic carbocycles. The molecule has 0 aromatic heterocycles. The van der Waals surface area contributed by atoms with E-state index in [1.165, 1.54) is 11.1 Å². The number of hydrogen-bond acceptors (Lipinski definition) is 3. The zero-order valence-electron chi connectivity index (χ0n) is 19.5. The maximum Gasteiger partial charge on any atom is 0.261 e. The molecular weight excluding hydrogens is 456 g/mol. The van der Waals surface area contributed by atoms with E-state index in [1.54, 1.807) is 48.5 Å². The first-order chi connectivity index (χ1) is 16.9. The molecule has 0 atom stereocenters. The number of amides is 1. The highest BCUT2D eigenvalue weighted by atomic mass is 32.2. The van der Waals surface area contributed by atoms with Gasteiger partial charge in [-0.15, -0.1) is 0 Å². The minimum Gasteiger partial charge on any atom is -0.352 e. The van der Waals surface area contributed by atoms with Crippen LogP contribution in [0.5, 0.6) is 0 Å². The third-order valence-corrected chi connectivity index (χ3v) is 7.23. The highest BCUT2D eigenvalue weighted by Crippen LogP contribution is 2.27. The van der Waals surface area contributed by atoms with Crippen molar-refractivity contribution in [1.29, 1.82) is 0 Å². The smallest absolute Gasteiger partial charge is 0.261 e. The first kappa shape index (κ1) is 24.2. The molecule has 0 aliphatic carbocycles. The van der Waals surface area contributed by atoms with E-state index in [9.17, 15) is 13.2 Å². The van der Waals surface area contributed by atoms with Crippen molar-refractivity contribution < 1.29 is 13.2 Å². The van der Waals surface area contributed by atoms with Crippen LogP contribution in [0.4, 0.5) is 5.69 Å². The van der Waals surface area contributed by atoms with Gasteiger partial charge in [0.2, 0.25) is 0 Å². The van der Waals surface area contributed by atoms with Crippen LogP contribution in [-0.4, -0.2) is 20.9 Å². The molecule has 6 heteroatoms. The van der Waals surface area contributed by atoms with Crippen LogP contribution in [0.3, 0.4) is 0 Å². The van der Waals surface area contributed by atoms with E-state index in [0.717, 1.165) is 12.0 Å². The van der Waals surface area contributed by atoms with E-state index < -0.39 is 10.0 Å². The van der Waals surface area contributed by atoms with Crippen molar-refractivity contribution in [3.63, 3.8) is 0 Å². The Morgan fingerprint density at radius 3 is 1.97 bits per heavy atom. The van der Waals surface area contributed by atoms with Crippen LogP contribution in [0.1, 0.15) is 39.4 Å². The van der Waals surface area contributed by atoms with Crippen molar-refractivity contribution >= 4 is 21.6 Å². The Labute approximate surface area is 206 Å². The molecule has 5 nitrogen and oxygen atoms in total. The molecule has 0 bridgehead atoms. The number of benzene rings is 4. The quantitative estimate of drug-likeness (QED) is 0.318. The predicted molar refractivity (Wildman–Crippen MR) is 140 cm³/mol. The number of anilines is 1. The van der Waals surface area contributed by atoms with Crippen LogP contribution in [0.2, 0.25) is 0 Å². The number of carbonyl (C=O) groups is 1. The first-order valence-electron chi connectivity index (χ1n) is 11.5. The minimum atomic E-state index is -3.74. The van der Waals surface area contributed by atoms with Gasteiger partial charge in [0.05, 0.1) is 4.90 Å². The summed E-state index contributed by atoms with van der Waals surface area (Å²) in [4.78, 5) is 13.0. The summed E-state index contributed by atoms with van der Waals surface area (Å²) in [5.41, 5.74) is 4.10. The molecule has 0 heterocycles. The lowest BCUT2D eigenvalue weighted by Gasteiger charge is -2.18. The largest absolute Gasteiger partial charge is 0.352 e. The molecule has 2 N–H and O–H groups in total. The van der Waals surface area contributed by atoms with E-state index >= 15 is 0 Å². The fourth-order valence-corrected chi connectivity index (χ4v) is 5.03. The van der Waals surface area contributed by atoms with Crippen LogP contribution in [0, 0.1) is 6.92 Å². The normalized spacial score (nSPS) is 11.3. The molecule has 0 saturated carbocycles. The lowest BCUT2D eigenvalue weighted by Crippen LogP contribution is -2.26. The molecule has 0 aliphatic heterocycles. The van der Waals surface area contributed by atoms with Gasteiger partial charge in [0.15, 0.2) is 0 Å². The summed E-state index contributed by atoms with van der Waals surface area (Å²) in [6.45, 7) is 2.38. The molecule has 35 heavy (non-hydrogen) atoms. The Morgan fingerprint density at radius 2 is 1.37 bits per heavy atom. The highest BCUT2D eigenvalue weighted by Gasteiger charge is 2.16. The third-order valence-electron chi connectivity index (χ3n) is 5.83. The van der Waals surface area contributed by atoms with Gasteiger partial charge < -0.3 is 5.32 Å². The highest BCUT2D eigenvalue weighted by molar-refractivity contribution is 7.92. The van der Waals surface area contributed by atoms with E-state index in [1.807, 2.05) is 43.3 Å². The lowest BCUT2D eigenvalue weighted by atomic mass is 9.88. The van der Waals surface area contributed by atoms with Crippen LogP contribution >= 0.6 is 0 Å². The summed E-state index contributed by atoms with van der Waals surface area (Å²) in [5, 5.41) is 2.98. The molecule has 0 unspecified atom stereocenters. The topological polar surface area (TPSA) is 75.3 Å². The molecule has 0 aliphatic rings. The Morgan fingerprint density at radius 1 is 0.771 bits per heavy atom. The predicted octanol–water partition coefficient (Wildman–Crippen LogP) is 5.75. The van der Waals surface area contributed by atoms with E-state index in [-0.39, 0.29) is 16.7 Å². The van der Waals surface area contributed by atoms with Gasteiger partial charge in [-0.1, -0.05) is 84.4 Å². The molecule has 1 amide bonds. The molecule has 4 rings (SSSR count). The summed E-state index contributed by atoms with van der Waals surface area (Å²) in [7, 11) is -3.74. The van der Waals surface area contributed by atoms with Gasteiger partial charge in [-0.3, -0.25) is 9.52 Å². The maximum absolute atomic E-state index is 12.8. The van der Waals surface area contributed by atoms with Gasteiger partial charge in [0, 0.05) is 23.7 Å². The summed E-state index contributed by atoms with van der Waals surface area (Å²) < 4.78 is 28.0. The maximum atomic E-state index is 12.8. The second-order valence-electron chi connectivity index (χ2n) is 8.42. The fraction of sp³-hybridized carbons (Fsp3) is 0.138. The Balaban J connectivity index is 1.42. The third kappa shape index (κ3) is 6.37. The number of rotatable bonds is 9. The van der Waals surface area contributed by atoms with Crippen molar-refractivity contribution in [2.45, 2.75) is 24.2 Å². The Kier molecular flexibility index (Phi) is 7.63.